The molecule has 0 bridgehead atoms. The molecule has 0 atom stereocenters. The highest BCUT2D eigenvalue weighted by molar-refractivity contribution is 5.62. The SMILES string of the molecule is Cc1cccc(-c2noc(-c3cc(=O)[nH]c4c3CCCC4)n2)n1. The van der Waals surface area contributed by atoms with Gasteiger partial charge < -0.3 is 9.51 Å². The summed E-state index contributed by atoms with van der Waals surface area (Å²) in [4.78, 5) is 23.7. The van der Waals surface area contributed by atoms with E-state index < -0.39 is 0 Å². The molecular weight excluding hydrogens is 292 g/mol. The van der Waals surface area contributed by atoms with Crippen molar-refractivity contribution in [2.75, 3.05) is 0 Å². The summed E-state index contributed by atoms with van der Waals surface area (Å²) in [7, 11) is 0. The number of fused-ring (bicyclic) bond motifs is 1. The predicted molar refractivity (Wildman–Crippen MR) is 85.0 cm³/mol. The van der Waals surface area contributed by atoms with E-state index in [0.29, 0.717) is 17.4 Å². The lowest BCUT2D eigenvalue weighted by molar-refractivity contribution is 0.431. The second kappa shape index (κ2) is 5.46. The van der Waals surface area contributed by atoms with Crippen LogP contribution in [0.2, 0.25) is 0 Å². The molecule has 1 N–H and O–H groups in total. The number of hydrogen-bond acceptors (Lipinski definition) is 5. The van der Waals surface area contributed by atoms with Gasteiger partial charge in [-0.2, -0.15) is 4.98 Å². The molecule has 0 fully saturated rings. The van der Waals surface area contributed by atoms with Crippen LogP contribution >= 0.6 is 0 Å². The molecule has 3 heterocycles. The highest BCUT2D eigenvalue weighted by Crippen LogP contribution is 2.29. The topological polar surface area (TPSA) is 84.7 Å². The zero-order valence-electron chi connectivity index (χ0n) is 12.8. The molecule has 0 saturated heterocycles. The van der Waals surface area contributed by atoms with Crippen LogP contribution in [0.3, 0.4) is 0 Å². The normalized spacial score (nSPS) is 13.8. The van der Waals surface area contributed by atoms with Gasteiger partial charge in [-0.1, -0.05) is 11.2 Å². The predicted octanol–water partition coefficient (Wildman–Crippen LogP) is 2.67. The number of aryl methyl sites for hydroxylation is 2. The van der Waals surface area contributed by atoms with Gasteiger partial charge in [0.2, 0.25) is 11.4 Å². The zero-order chi connectivity index (χ0) is 15.8. The molecule has 116 valence electrons. The van der Waals surface area contributed by atoms with Gasteiger partial charge in [0.05, 0.1) is 5.56 Å². The highest BCUT2D eigenvalue weighted by atomic mass is 16.5. The monoisotopic (exact) mass is 308 g/mol. The van der Waals surface area contributed by atoms with Crippen LogP contribution in [0.4, 0.5) is 0 Å². The van der Waals surface area contributed by atoms with Gasteiger partial charge in [-0.15, -0.1) is 0 Å². The molecule has 0 spiro atoms. The van der Waals surface area contributed by atoms with Crippen LogP contribution in [-0.4, -0.2) is 20.1 Å². The molecule has 1 aliphatic carbocycles. The third-order valence-corrected chi connectivity index (χ3v) is 4.12. The van der Waals surface area contributed by atoms with Crippen molar-refractivity contribution in [3.8, 4) is 23.0 Å². The van der Waals surface area contributed by atoms with E-state index in [2.05, 4.69) is 20.1 Å². The van der Waals surface area contributed by atoms with Crippen LogP contribution in [0.1, 0.15) is 29.8 Å². The number of H-pyrrole nitrogens is 1. The summed E-state index contributed by atoms with van der Waals surface area (Å²) in [6.07, 6.45) is 4.00. The fraction of sp³-hybridized carbons (Fsp3) is 0.294. The fourth-order valence-corrected chi connectivity index (χ4v) is 3.04. The van der Waals surface area contributed by atoms with Crippen molar-refractivity contribution in [1.82, 2.24) is 20.1 Å². The average Bonchev–Trinajstić information content (AvgIpc) is 3.04. The van der Waals surface area contributed by atoms with E-state index in [0.717, 1.165) is 48.2 Å². The van der Waals surface area contributed by atoms with Gasteiger partial charge in [-0.3, -0.25) is 4.79 Å². The number of pyridine rings is 2. The number of aromatic nitrogens is 4. The maximum Gasteiger partial charge on any atom is 0.258 e. The molecule has 23 heavy (non-hydrogen) atoms. The molecule has 1 aliphatic rings. The molecular formula is C17H16N4O2. The molecule has 0 aliphatic heterocycles. The van der Waals surface area contributed by atoms with E-state index in [9.17, 15) is 4.79 Å². The quantitative estimate of drug-likeness (QED) is 0.786. The largest absolute Gasteiger partial charge is 0.334 e. The molecule has 3 aromatic rings. The van der Waals surface area contributed by atoms with E-state index in [4.69, 9.17) is 4.52 Å². The van der Waals surface area contributed by atoms with Crippen LogP contribution in [0.25, 0.3) is 23.0 Å². The van der Waals surface area contributed by atoms with E-state index in [1.807, 2.05) is 25.1 Å². The molecule has 0 aromatic carbocycles. The van der Waals surface area contributed by atoms with Gasteiger partial charge in [0.15, 0.2) is 0 Å². The molecule has 0 amide bonds. The van der Waals surface area contributed by atoms with E-state index in [-0.39, 0.29) is 5.56 Å². The Morgan fingerprint density at radius 1 is 1.17 bits per heavy atom. The fourth-order valence-electron chi connectivity index (χ4n) is 3.04. The third kappa shape index (κ3) is 2.56. The van der Waals surface area contributed by atoms with Crippen LogP contribution in [0, 0.1) is 6.92 Å². The zero-order valence-corrected chi connectivity index (χ0v) is 12.8. The summed E-state index contributed by atoms with van der Waals surface area (Å²) in [5.74, 6) is 0.820. The number of rotatable bonds is 2. The lowest BCUT2D eigenvalue weighted by Crippen LogP contribution is -2.15. The van der Waals surface area contributed by atoms with Crippen molar-refractivity contribution in [3.63, 3.8) is 0 Å². The van der Waals surface area contributed by atoms with Gasteiger partial charge in [0, 0.05) is 17.5 Å². The molecule has 4 rings (SSSR count). The second-order valence-corrected chi connectivity index (χ2v) is 5.80. The standard InChI is InChI=1S/C17H16N4O2/c1-10-5-4-8-14(18-10)16-20-17(23-21-16)12-9-15(22)19-13-7-3-2-6-11(12)13/h4-5,8-9H,2-3,6-7H2,1H3,(H,19,22). The maximum atomic E-state index is 11.9. The first-order chi connectivity index (χ1) is 11.2. The Hall–Kier alpha value is -2.76. The van der Waals surface area contributed by atoms with Gasteiger partial charge in [-0.25, -0.2) is 4.98 Å². The van der Waals surface area contributed by atoms with E-state index in [1.165, 1.54) is 0 Å². The molecule has 3 aromatic heterocycles. The summed E-state index contributed by atoms with van der Waals surface area (Å²) >= 11 is 0. The summed E-state index contributed by atoms with van der Waals surface area (Å²) in [5.41, 5.74) is 4.28. The molecule has 0 radical (unpaired) electrons. The van der Waals surface area contributed by atoms with E-state index in [1.54, 1.807) is 6.07 Å². The first-order valence-electron chi connectivity index (χ1n) is 7.74. The van der Waals surface area contributed by atoms with Crippen molar-refractivity contribution < 1.29 is 4.52 Å². The molecule has 6 heteroatoms. The Morgan fingerprint density at radius 2 is 2.04 bits per heavy atom. The minimum Gasteiger partial charge on any atom is -0.334 e. The van der Waals surface area contributed by atoms with Crippen molar-refractivity contribution in [1.29, 1.82) is 0 Å². The Kier molecular flexibility index (Phi) is 3.29. The Bertz CT molecular complexity index is 926. The lowest BCUT2D eigenvalue weighted by Gasteiger charge is -2.16. The summed E-state index contributed by atoms with van der Waals surface area (Å²) in [5, 5.41) is 4.02. The molecule has 0 unspecified atom stereocenters. The Balaban J connectivity index is 1.81. The second-order valence-electron chi connectivity index (χ2n) is 5.80. The minimum atomic E-state index is -0.130. The number of aromatic amines is 1. The molecule has 6 nitrogen and oxygen atoms in total. The van der Waals surface area contributed by atoms with Crippen LogP contribution < -0.4 is 5.56 Å². The van der Waals surface area contributed by atoms with Gasteiger partial charge >= 0.3 is 0 Å². The number of nitrogens with one attached hydrogen (secondary N) is 1. The first-order valence-corrected chi connectivity index (χ1v) is 7.74. The van der Waals surface area contributed by atoms with Crippen molar-refractivity contribution in [2.45, 2.75) is 32.6 Å². The van der Waals surface area contributed by atoms with Crippen molar-refractivity contribution in [3.05, 3.63) is 51.6 Å². The van der Waals surface area contributed by atoms with Gasteiger partial charge in [-0.05, 0) is 50.3 Å². The number of nitrogens with zero attached hydrogens (tertiary/aromatic N) is 3. The molecule has 0 saturated carbocycles. The average molecular weight is 308 g/mol. The van der Waals surface area contributed by atoms with Crippen molar-refractivity contribution >= 4 is 0 Å². The summed E-state index contributed by atoms with van der Waals surface area (Å²) in [6.45, 7) is 1.91. The Morgan fingerprint density at radius 3 is 2.91 bits per heavy atom. The van der Waals surface area contributed by atoms with Crippen molar-refractivity contribution in [2.24, 2.45) is 0 Å². The van der Waals surface area contributed by atoms with Crippen LogP contribution in [0.15, 0.2) is 33.6 Å². The van der Waals surface area contributed by atoms with Crippen LogP contribution in [0.5, 0.6) is 0 Å². The Labute approximate surface area is 132 Å². The number of hydrogen-bond donors (Lipinski definition) is 1. The maximum absolute atomic E-state index is 11.9. The van der Waals surface area contributed by atoms with Crippen LogP contribution in [-0.2, 0) is 12.8 Å². The smallest absolute Gasteiger partial charge is 0.258 e. The third-order valence-electron chi connectivity index (χ3n) is 4.12. The minimum absolute atomic E-state index is 0.130. The van der Waals surface area contributed by atoms with E-state index >= 15 is 0 Å². The first kappa shape index (κ1) is 13.9. The lowest BCUT2D eigenvalue weighted by atomic mass is 9.92. The summed E-state index contributed by atoms with van der Waals surface area (Å²) < 4.78 is 5.41. The van der Waals surface area contributed by atoms with Gasteiger partial charge in [0.25, 0.3) is 5.89 Å². The van der Waals surface area contributed by atoms with Gasteiger partial charge in [0.1, 0.15) is 5.69 Å². The summed E-state index contributed by atoms with van der Waals surface area (Å²) in [6, 6.07) is 7.21. The highest BCUT2D eigenvalue weighted by Gasteiger charge is 2.20.